The van der Waals surface area contributed by atoms with Crippen molar-refractivity contribution in [3.63, 3.8) is 0 Å². The smallest absolute Gasteiger partial charge is 0.337 e. The molecular formula is C14H20N2O2. The Morgan fingerprint density at radius 1 is 1.44 bits per heavy atom. The summed E-state index contributed by atoms with van der Waals surface area (Å²) in [5.74, 6) is 1.41. The van der Waals surface area contributed by atoms with E-state index in [0.717, 1.165) is 30.4 Å². The molecular weight excluding hydrogens is 228 g/mol. The number of aromatic nitrogens is 1. The first-order chi connectivity index (χ1) is 8.49. The number of anilines is 1. The molecule has 4 heteroatoms. The third-order valence-electron chi connectivity index (χ3n) is 3.93. The van der Waals surface area contributed by atoms with Crippen LogP contribution in [0.4, 0.5) is 5.82 Å². The second kappa shape index (κ2) is 4.96. The van der Waals surface area contributed by atoms with Crippen molar-refractivity contribution < 1.29 is 9.90 Å². The number of rotatable bonds is 2. The van der Waals surface area contributed by atoms with Crippen LogP contribution >= 0.6 is 0 Å². The lowest BCUT2D eigenvalue weighted by Crippen LogP contribution is -2.39. The van der Waals surface area contributed by atoms with E-state index in [1.54, 1.807) is 6.07 Å². The van der Waals surface area contributed by atoms with Gasteiger partial charge in [-0.1, -0.05) is 13.8 Å². The Labute approximate surface area is 108 Å². The van der Waals surface area contributed by atoms with Gasteiger partial charge >= 0.3 is 5.97 Å². The molecule has 2 rings (SSSR count). The molecule has 1 fully saturated rings. The fraction of sp³-hybridized carbons (Fsp3) is 0.571. The van der Waals surface area contributed by atoms with Crippen LogP contribution in [0, 0.1) is 18.8 Å². The second-order valence-corrected chi connectivity index (χ2v) is 5.36. The summed E-state index contributed by atoms with van der Waals surface area (Å²) in [6.45, 7) is 8.48. The summed E-state index contributed by atoms with van der Waals surface area (Å²) < 4.78 is 0. The highest BCUT2D eigenvalue weighted by Crippen LogP contribution is 2.27. The summed E-state index contributed by atoms with van der Waals surface area (Å²) in [6.07, 6.45) is 2.62. The summed E-state index contributed by atoms with van der Waals surface area (Å²) >= 11 is 0. The highest BCUT2D eigenvalue weighted by molar-refractivity contribution is 5.87. The number of nitrogens with zero attached hydrogens (tertiary/aromatic N) is 2. The van der Waals surface area contributed by atoms with E-state index < -0.39 is 5.97 Å². The Morgan fingerprint density at radius 3 is 2.72 bits per heavy atom. The van der Waals surface area contributed by atoms with Gasteiger partial charge in [-0.2, -0.15) is 0 Å². The summed E-state index contributed by atoms with van der Waals surface area (Å²) in [6, 6.07) is 1.70. The lowest BCUT2D eigenvalue weighted by Gasteiger charge is -2.36. The molecule has 1 aliphatic heterocycles. The zero-order valence-corrected chi connectivity index (χ0v) is 11.2. The largest absolute Gasteiger partial charge is 0.478 e. The molecule has 1 N–H and O–H groups in total. The highest BCUT2D eigenvalue weighted by atomic mass is 16.4. The molecule has 2 unspecified atom stereocenters. The van der Waals surface area contributed by atoms with Crippen molar-refractivity contribution in [3.8, 4) is 0 Å². The van der Waals surface area contributed by atoms with Crippen LogP contribution in [0.5, 0.6) is 0 Å². The van der Waals surface area contributed by atoms with Crippen LogP contribution in [-0.4, -0.2) is 29.1 Å². The van der Waals surface area contributed by atoms with E-state index in [4.69, 9.17) is 5.11 Å². The number of carboxylic acids is 1. The molecule has 4 nitrogen and oxygen atoms in total. The minimum Gasteiger partial charge on any atom is -0.478 e. The normalized spacial score (nSPS) is 24.1. The summed E-state index contributed by atoms with van der Waals surface area (Å²) in [5, 5.41) is 8.93. The van der Waals surface area contributed by atoms with Crippen LogP contribution in [0.1, 0.15) is 36.2 Å². The third-order valence-corrected chi connectivity index (χ3v) is 3.93. The summed E-state index contributed by atoms with van der Waals surface area (Å²) in [5.41, 5.74) is 1.20. The van der Waals surface area contributed by atoms with E-state index in [9.17, 15) is 4.79 Å². The van der Waals surface area contributed by atoms with Gasteiger partial charge in [0.05, 0.1) is 5.56 Å². The molecule has 98 valence electrons. The van der Waals surface area contributed by atoms with Gasteiger partial charge in [0.2, 0.25) is 0 Å². The molecule has 0 bridgehead atoms. The lowest BCUT2D eigenvalue weighted by molar-refractivity contribution is 0.0696. The maximum absolute atomic E-state index is 10.9. The highest BCUT2D eigenvalue weighted by Gasteiger charge is 2.24. The molecule has 2 heterocycles. The van der Waals surface area contributed by atoms with Gasteiger partial charge in [0.1, 0.15) is 5.82 Å². The Morgan fingerprint density at radius 2 is 2.17 bits per heavy atom. The molecule has 0 saturated carbocycles. The number of hydrogen-bond acceptors (Lipinski definition) is 3. The molecule has 0 aliphatic carbocycles. The first kappa shape index (κ1) is 12.9. The van der Waals surface area contributed by atoms with E-state index in [2.05, 4.69) is 23.7 Å². The number of aryl methyl sites for hydroxylation is 1. The monoisotopic (exact) mass is 248 g/mol. The van der Waals surface area contributed by atoms with Gasteiger partial charge in [-0.25, -0.2) is 9.78 Å². The average Bonchev–Trinajstić information content (AvgIpc) is 2.32. The average molecular weight is 248 g/mol. The van der Waals surface area contributed by atoms with Crippen molar-refractivity contribution in [1.82, 2.24) is 4.98 Å². The zero-order valence-electron chi connectivity index (χ0n) is 11.2. The number of carboxylic acid groups (broad SMARTS) is 1. The molecule has 0 amide bonds. The number of carbonyl (C=O) groups is 1. The van der Waals surface area contributed by atoms with Gasteiger partial charge < -0.3 is 10.0 Å². The SMILES string of the molecule is Cc1cc(C(=O)O)cnc1N1CCC(C)C(C)C1. The third kappa shape index (κ3) is 2.47. The molecule has 0 aromatic carbocycles. The van der Waals surface area contributed by atoms with E-state index in [1.165, 1.54) is 12.6 Å². The van der Waals surface area contributed by atoms with Crippen LogP contribution in [0.25, 0.3) is 0 Å². The van der Waals surface area contributed by atoms with E-state index in [1.807, 2.05) is 6.92 Å². The van der Waals surface area contributed by atoms with Crippen molar-refractivity contribution in [2.24, 2.45) is 11.8 Å². The quantitative estimate of drug-likeness (QED) is 0.874. The molecule has 1 saturated heterocycles. The van der Waals surface area contributed by atoms with Crippen molar-refractivity contribution in [2.75, 3.05) is 18.0 Å². The molecule has 1 aromatic rings. The van der Waals surface area contributed by atoms with Crippen molar-refractivity contribution in [3.05, 3.63) is 23.4 Å². The molecule has 0 spiro atoms. The Bertz CT molecular complexity index is 459. The number of aromatic carboxylic acids is 1. The standard InChI is InChI=1S/C14H20N2O2/c1-9-4-5-16(8-11(9)3)13-10(2)6-12(7-15-13)14(17)18/h6-7,9,11H,4-5,8H2,1-3H3,(H,17,18). The first-order valence-electron chi connectivity index (χ1n) is 6.44. The first-order valence-corrected chi connectivity index (χ1v) is 6.44. The van der Waals surface area contributed by atoms with E-state index in [-0.39, 0.29) is 5.56 Å². The molecule has 0 radical (unpaired) electrons. The van der Waals surface area contributed by atoms with E-state index in [0.29, 0.717) is 5.92 Å². The van der Waals surface area contributed by atoms with Gasteiger partial charge in [0, 0.05) is 19.3 Å². The maximum Gasteiger partial charge on any atom is 0.337 e. The lowest BCUT2D eigenvalue weighted by atomic mass is 9.88. The van der Waals surface area contributed by atoms with E-state index >= 15 is 0 Å². The minimum atomic E-state index is -0.919. The molecule has 18 heavy (non-hydrogen) atoms. The molecule has 2 atom stereocenters. The Hall–Kier alpha value is -1.58. The van der Waals surface area contributed by atoms with Crippen LogP contribution in [0.15, 0.2) is 12.3 Å². The van der Waals surface area contributed by atoms with Crippen molar-refractivity contribution >= 4 is 11.8 Å². The predicted molar refractivity (Wildman–Crippen MR) is 71.1 cm³/mol. The van der Waals surface area contributed by atoms with Crippen LogP contribution in [0.3, 0.4) is 0 Å². The number of piperidine rings is 1. The molecule has 1 aliphatic rings. The van der Waals surface area contributed by atoms with Crippen LogP contribution < -0.4 is 4.90 Å². The van der Waals surface area contributed by atoms with Gasteiger partial charge in [-0.15, -0.1) is 0 Å². The topological polar surface area (TPSA) is 53.4 Å². The second-order valence-electron chi connectivity index (χ2n) is 5.36. The van der Waals surface area contributed by atoms with Crippen LogP contribution in [0.2, 0.25) is 0 Å². The zero-order chi connectivity index (χ0) is 13.3. The fourth-order valence-electron chi connectivity index (χ4n) is 2.47. The van der Waals surface area contributed by atoms with Crippen molar-refractivity contribution in [1.29, 1.82) is 0 Å². The summed E-state index contributed by atoms with van der Waals surface area (Å²) in [7, 11) is 0. The minimum absolute atomic E-state index is 0.259. The number of pyridine rings is 1. The van der Waals surface area contributed by atoms with Gasteiger partial charge in [0.25, 0.3) is 0 Å². The Kier molecular flexibility index (Phi) is 3.55. The van der Waals surface area contributed by atoms with Crippen LogP contribution in [-0.2, 0) is 0 Å². The number of hydrogen-bond donors (Lipinski definition) is 1. The predicted octanol–water partition coefficient (Wildman–Crippen LogP) is 2.57. The maximum atomic E-state index is 10.9. The van der Waals surface area contributed by atoms with Gasteiger partial charge in [-0.05, 0) is 36.8 Å². The fourth-order valence-corrected chi connectivity index (χ4v) is 2.47. The molecule has 1 aromatic heterocycles. The summed E-state index contributed by atoms with van der Waals surface area (Å²) in [4.78, 5) is 17.5. The van der Waals surface area contributed by atoms with Gasteiger partial charge in [0.15, 0.2) is 0 Å². The Balaban J connectivity index is 2.21. The van der Waals surface area contributed by atoms with Gasteiger partial charge in [-0.3, -0.25) is 0 Å². The van der Waals surface area contributed by atoms with Crippen molar-refractivity contribution in [2.45, 2.75) is 27.2 Å².